The van der Waals surface area contributed by atoms with Crippen LogP contribution in [0.5, 0.6) is 0 Å². The lowest BCUT2D eigenvalue weighted by Gasteiger charge is -2.12. The third kappa shape index (κ3) is 4.05. The third-order valence-electron chi connectivity index (χ3n) is 2.46. The van der Waals surface area contributed by atoms with Gasteiger partial charge in [-0.1, -0.05) is 15.9 Å². The van der Waals surface area contributed by atoms with Gasteiger partial charge in [-0.3, -0.25) is 5.43 Å². The Bertz CT molecular complexity index is 640. The maximum absolute atomic E-state index is 12.8. The summed E-state index contributed by atoms with van der Waals surface area (Å²) < 4.78 is 39.1. The van der Waals surface area contributed by atoms with E-state index < -0.39 is 11.9 Å². The summed E-state index contributed by atoms with van der Waals surface area (Å²) in [4.78, 5) is 7.12. The lowest BCUT2D eigenvalue weighted by atomic mass is 10.2. The molecule has 0 fully saturated rings. The molecule has 2 aromatic rings. The van der Waals surface area contributed by atoms with E-state index in [0.717, 1.165) is 16.1 Å². The van der Waals surface area contributed by atoms with Crippen molar-refractivity contribution >= 4 is 33.4 Å². The van der Waals surface area contributed by atoms with Crippen LogP contribution in [0.2, 0.25) is 0 Å². The molecule has 0 aliphatic rings. The number of aromatic nitrogens is 2. The summed E-state index contributed by atoms with van der Waals surface area (Å²) in [6.07, 6.45) is -4.59. The fraction of sp³-hybridized carbons (Fsp3) is 0.167. The number of benzene rings is 1. The molecule has 0 saturated heterocycles. The van der Waals surface area contributed by atoms with Crippen LogP contribution in [0.4, 0.5) is 30.6 Å². The van der Waals surface area contributed by atoms with Crippen LogP contribution < -0.4 is 16.6 Å². The number of halogens is 4. The van der Waals surface area contributed by atoms with Crippen molar-refractivity contribution in [3.63, 3.8) is 0 Å². The maximum atomic E-state index is 12.8. The summed E-state index contributed by atoms with van der Waals surface area (Å²) in [6.45, 7) is 1.87. The quantitative estimate of drug-likeness (QED) is 0.575. The van der Waals surface area contributed by atoms with Crippen LogP contribution >= 0.6 is 15.9 Å². The summed E-state index contributed by atoms with van der Waals surface area (Å²) in [6, 6.07) is 6.18. The lowest BCUT2D eigenvalue weighted by molar-refractivity contribution is -0.141. The second kappa shape index (κ2) is 5.86. The number of hydrazine groups is 1. The minimum absolute atomic E-state index is 0.0113. The Labute approximate surface area is 126 Å². The molecule has 0 radical (unpaired) electrons. The molecular formula is C12H11BrF3N5. The molecule has 1 aromatic carbocycles. The Hall–Kier alpha value is -1.87. The molecule has 1 aromatic heterocycles. The Morgan fingerprint density at radius 1 is 1.14 bits per heavy atom. The average Bonchev–Trinajstić information content (AvgIpc) is 2.36. The highest BCUT2D eigenvalue weighted by Crippen LogP contribution is 2.30. The van der Waals surface area contributed by atoms with E-state index in [0.29, 0.717) is 5.69 Å². The van der Waals surface area contributed by atoms with Gasteiger partial charge < -0.3 is 5.32 Å². The van der Waals surface area contributed by atoms with Crippen molar-refractivity contribution in [1.82, 2.24) is 9.97 Å². The first-order valence-corrected chi connectivity index (χ1v) is 6.54. The number of alkyl halides is 3. The second-order valence-corrected chi connectivity index (χ2v) is 5.16. The molecule has 0 atom stereocenters. The minimum atomic E-state index is -4.59. The SMILES string of the molecule is Cc1cc(Br)cc(Nc2cc(C(F)(F)F)nc(NN)n2)c1. The zero-order valence-corrected chi connectivity index (χ0v) is 12.4. The number of anilines is 3. The number of nitrogen functional groups attached to an aromatic ring is 1. The van der Waals surface area contributed by atoms with Gasteiger partial charge in [0.1, 0.15) is 5.82 Å². The van der Waals surface area contributed by atoms with Gasteiger partial charge in [-0.25, -0.2) is 10.8 Å². The van der Waals surface area contributed by atoms with E-state index in [2.05, 4.69) is 31.2 Å². The van der Waals surface area contributed by atoms with Crippen molar-refractivity contribution in [2.75, 3.05) is 10.7 Å². The van der Waals surface area contributed by atoms with E-state index in [1.165, 1.54) is 0 Å². The standard InChI is InChI=1S/C12H11BrF3N5/c1-6-2-7(13)4-8(3-6)18-10-5-9(12(14,15)16)19-11(20-10)21-17/h2-5H,17H2,1H3,(H2,18,19,20,21). The molecule has 5 nitrogen and oxygen atoms in total. The van der Waals surface area contributed by atoms with Gasteiger partial charge in [0.05, 0.1) is 0 Å². The summed E-state index contributed by atoms with van der Waals surface area (Å²) in [5.74, 6) is 4.76. The van der Waals surface area contributed by atoms with Gasteiger partial charge in [0, 0.05) is 16.2 Å². The smallest absolute Gasteiger partial charge is 0.340 e. The fourth-order valence-corrected chi connectivity index (χ4v) is 2.29. The normalized spacial score (nSPS) is 11.3. The number of nitrogens with two attached hydrogens (primary N) is 1. The van der Waals surface area contributed by atoms with Crippen molar-refractivity contribution < 1.29 is 13.2 Å². The molecule has 0 saturated carbocycles. The maximum Gasteiger partial charge on any atom is 0.433 e. The van der Waals surface area contributed by atoms with E-state index in [1.807, 2.05) is 18.4 Å². The highest BCUT2D eigenvalue weighted by atomic mass is 79.9. The van der Waals surface area contributed by atoms with Gasteiger partial charge in [0.25, 0.3) is 0 Å². The Balaban J connectivity index is 2.39. The minimum Gasteiger partial charge on any atom is -0.340 e. The van der Waals surface area contributed by atoms with Gasteiger partial charge in [0.2, 0.25) is 5.95 Å². The highest BCUT2D eigenvalue weighted by molar-refractivity contribution is 9.10. The largest absolute Gasteiger partial charge is 0.433 e. The number of aryl methyl sites for hydroxylation is 1. The van der Waals surface area contributed by atoms with Gasteiger partial charge >= 0.3 is 6.18 Å². The number of nitrogens with zero attached hydrogens (tertiary/aromatic N) is 2. The van der Waals surface area contributed by atoms with Crippen molar-refractivity contribution in [3.8, 4) is 0 Å². The molecule has 4 N–H and O–H groups in total. The van der Waals surface area contributed by atoms with Crippen LogP contribution in [0.15, 0.2) is 28.7 Å². The molecule has 9 heteroatoms. The van der Waals surface area contributed by atoms with Gasteiger partial charge in [-0.15, -0.1) is 0 Å². The molecule has 1 heterocycles. The first-order chi connectivity index (χ1) is 9.77. The van der Waals surface area contributed by atoms with E-state index in [4.69, 9.17) is 5.84 Å². The zero-order chi connectivity index (χ0) is 15.6. The summed E-state index contributed by atoms with van der Waals surface area (Å²) >= 11 is 3.32. The summed E-state index contributed by atoms with van der Waals surface area (Å²) in [5.41, 5.74) is 2.47. The van der Waals surface area contributed by atoms with E-state index >= 15 is 0 Å². The molecular weight excluding hydrogens is 351 g/mol. The predicted octanol–water partition coefficient (Wildman–Crippen LogP) is 3.60. The number of hydrogen-bond acceptors (Lipinski definition) is 5. The van der Waals surface area contributed by atoms with Crippen molar-refractivity contribution in [1.29, 1.82) is 0 Å². The highest BCUT2D eigenvalue weighted by Gasteiger charge is 2.33. The first kappa shape index (κ1) is 15.5. The molecule has 21 heavy (non-hydrogen) atoms. The van der Waals surface area contributed by atoms with E-state index in [-0.39, 0.29) is 11.8 Å². The van der Waals surface area contributed by atoms with Crippen LogP contribution in [0.25, 0.3) is 0 Å². The number of hydrogen-bond donors (Lipinski definition) is 3. The zero-order valence-electron chi connectivity index (χ0n) is 10.8. The van der Waals surface area contributed by atoms with Crippen LogP contribution in [-0.2, 0) is 6.18 Å². The van der Waals surface area contributed by atoms with Crippen LogP contribution in [0.1, 0.15) is 11.3 Å². The Kier molecular flexibility index (Phi) is 4.33. The number of nitrogens with one attached hydrogen (secondary N) is 2. The van der Waals surface area contributed by atoms with Crippen molar-refractivity contribution in [2.24, 2.45) is 5.84 Å². The first-order valence-electron chi connectivity index (χ1n) is 5.75. The third-order valence-corrected chi connectivity index (χ3v) is 2.92. The molecule has 0 amide bonds. The van der Waals surface area contributed by atoms with Crippen LogP contribution in [0.3, 0.4) is 0 Å². The summed E-state index contributed by atoms with van der Waals surface area (Å²) in [5, 5.41) is 2.80. The molecule has 0 aliphatic heterocycles. The van der Waals surface area contributed by atoms with Crippen LogP contribution in [0, 0.1) is 6.92 Å². The number of rotatable bonds is 3. The monoisotopic (exact) mass is 361 g/mol. The van der Waals surface area contributed by atoms with Crippen molar-refractivity contribution in [2.45, 2.75) is 13.1 Å². The molecule has 0 unspecified atom stereocenters. The van der Waals surface area contributed by atoms with Crippen LogP contribution in [-0.4, -0.2) is 9.97 Å². The van der Waals surface area contributed by atoms with E-state index in [9.17, 15) is 13.2 Å². The second-order valence-electron chi connectivity index (χ2n) is 4.25. The van der Waals surface area contributed by atoms with Gasteiger partial charge in [-0.05, 0) is 30.7 Å². The molecule has 0 aliphatic carbocycles. The van der Waals surface area contributed by atoms with Gasteiger partial charge in [0.15, 0.2) is 5.69 Å². The Morgan fingerprint density at radius 3 is 2.43 bits per heavy atom. The fourth-order valence-electron chi connectivity index (χ4n) is 1.68. The topological polar surface area (TPSA) is 75.9 Å². The molecule has 0 spiro atoms. The molecule has 112 valence electrons. The van der Waals surface area contributed by atoms with Crippen molar-refractivity contribution in [3.05, 3.63) is 40.0 Å². The predicted molar refractivity (Wildman–Crippen MR) is 77.0 cm³/mol. The molecule has 2 rings (SSSR count). The van der Waals surface area contributed by atoms with Gasteiger partial charge in [-0.2, -0.15) is 18.2 Å². The Morgan fingerprint density at radius 2 is 1.86 bits per heavy atom. The van der Waals surface area contributed by atoms with E-state index in [1.54, 1.807) is 12.1 Å². The lowest BCUT2D eigenvalue weighted by Crippen LogP contribution is -2.16. The summed E-state index contributed by atoms with van der Waals surface area (Å²) in [7, 11) is 0. The molecule has 0 bridgehead atoms. The average molecular weight is 362 g/mol.